The number of aryl methyl sites for hydroxylation is 2. The number of rotatable bonds is 7. The minimum atomic E-state index is -0.490. The Bertz CT molecular complexity index is 707. The van der Waals surface area contributed by atoms with Crippen LogP contribution in [-0.2, 0) is 11.2 Å². The van der Waals surface area contributed by atoms with Crippen molar-refractivity contribution in [1.82, 2.24) is 5.32 Å². The molecular formula is C22H29NO2. The number of hydrogen-bond acceptors (Lipinski definition) is 2. The maximum Gasteiger partial charge on any atom is 0.261 e. The molecule has 2 rings (SSSR count). The predicted octanol–water partition coefficient (Wildman–Crippen LogP) is 4.60. The van der Waals surface area contributed by atoms with E-state index >= 15 is 0 Å². The van der Waals surface area contributed by atoms with E-state index in [1.807, 2.05) is 71.0 Å². The summed E-state index contributed by atoms with van der Waals surface area (Å²) >= 11 is 0. The van der Waals surface area contributed by atoms with Gasteiger partial charge < -0.3 is 10.1 Å². The standard InChI is InChI=1S/C22H29NO2/c1-6-19(25-20-14-16(2)12-13-17(20)3)21(24)23-22(4,5)15-18-10-8-7-9-11-18/h7-14,19H,6,15H2,1-5H3,(H,23,24)/t19-/m1/s1. The Morgan fingerprint density at radius 1 is 1.12 bits per heavy atom. The molecule has 3 heteroatoms. The molecule has 0 aromatic heterocycles. The lowest BCUT2D eigenvalue weighted by molar-refractivity contribution is -0.129. The molecule has 0 heterocycles. The average molecular weight is 339 g/mol. The summed E-state index contributed by atoms with van der Waals surface area (Å²) in [5.41, 5.74) is 3.04. The van der Waals surface area contributed by atoms with Crippen LogP contribution in [0.1, 0.15) is 43.9 Å². The highest BCUT2D eigenvalue weighted by Crippen LogP contribution is 2.22. The van der Waals surface area contributed by atoms with Crippen LogP contribution in [0.15, 0.2) is 48.5 Å². The Morgan fingerprint density at radius 3 is 2.44 bits per heavy atom. The second-order valence-electron chi connectivity index (χ2n) is 7.32. The van der Waals surface area contributed by atoms with Crippen molar-refractivity contribution < 1.29 is 9.53 Å². The quantitative estimate of drug-likeness (QED) is 0.801. The molecule has 0 unspecified atom stereocenters. The minimum absolute atomic E-state index is 0.0654. The number of carbonyl (C=O) groups excluding carboxylic acids is 1. The number of hydrogen-bond donors (Lipinski definition) is 1. The van der Waals surface area contributed by atoms with Crippen molar-refractivity contribution in [2.75, 3.05) is 0 Å². The van der Waals surface area contributed by atoms with E-state index in [-0.39, 0.29) is 11.4 Å². The van der Waals surface area contributed by atoms with Crippen LogP contribution in [0.5, 0.6) is 5.75 Å². The normalized spacial score (nSPS) is 12.5. The van der Waals surface area contributed by atoms with Crippen LogP contribution >= 0.6 is 0 Å². The van der Waals surface area contributed by atoms with Gasteiger partial charge in [0.15, 0.2) is 6.10 Å². The molecule has 0 aliphatic rings. The van der Waals surface area contributed by atoms with Crippen LogP contribution in [0.2, 0.25) is 0 Å². The van der Waals surface area contributed by atoms with E-state index in [0.717, 1.165) is 23.3 Å². The molecule has 0 aliphatic heterocycles. The number of nitrogens with one attached hydrogen (secondary N) is 1. The third-order valence-electron chi connectivity index (χ3n) is 4.23. The second kappa shape index (κ2) is 8.19. The van der Waals surface area contributed by atoms with Gasteiger partial charge in [0, 0.05) is 5.54 Å². The zero-order valence-electron chi connectivity index (χ0n) is 15.9. The molecule has 0 spiro atoms. The van der Waals surface area contributed by atoms with E-state index in [1.54, 1.807) is 0 Å². The van der Waals surface area contributed by atoms with Gasteiger partial charge in [0.05, 0.1) is 0 Å². The highest BCUT2D eigenvalue weighted by molar-refractivity contribution is 5.81. The summed E-state index contributed by atoms with van der Waals surface area (Å²) < 4.78 is 6.02. The van der Waals surface area contributed by atoms with Crippen molar-refractivity contribution in [3.05, 3.63) is 65.2 Å². The molecule has 134 valence electrons. The van der Waals surface area contributed by atoms with Crippen LogP contribution in [0.3, 0.4) is 0 Å². The first-order valence-electron chi connectivity index (χ1n) is 8.90. The summed E-state index contributed by atoms with van der Waals surface area (Å²) in [7, 11) is 0. The third-order valence-corrected chi connectivity index (χ3v) is 4.23. The van der Waals surface area contributed by atoms with E-state index in [2.05, 4.69) is 17.4 Å². The number of carbonyl (C=O) groups is 1. The molecule has 0 saturated carbocycles. The van der Waals surface area contributed by atoms with Gasteiger partial charge >= 0.3 is 0 Å². The van der Waals surface area contributed by atoms with Gasteiger partial charge in [-0.25, -0.2) is 0 Å². The summed E-state index contributed by atoms with van der Waals surface area (Å²) in [5.74, 6) is 0.715. The fourth-order valence-corrected chi connectivity index (χ4v) is 2.87. The van der Waals surface area contributed by atoms with Gasteiger partial charge in [0.25, 0.3) is 5.91 Å². The lowest BCUT2D eigenvalue weighted by Gasteiger charge is -2.29. The zero-order valence-corrected chi connectivity index (χ0v) is 15.9. The molecule has 25 heavy (non-hydrogen) atoms. The van der Waals surface area contributed by atoms with Crippen molar-refractivity contribution in [1.29, 1.82) is 0 Å². The van der Waals surface area contributed by atoms with Crippen molar-refractivity contribution in [2.45, 2.75) is 59.1 Å². The Balaban J connectivity index is 2.04. The Labute approximate surface area is 151 Å². The Morgan fingerprint density at radius 2 is 1.80 bits per heavy atom. The SMILES string of the molecule is CC[C@@H](Oc1cc(C)ccc1C)C(=O)NC(C)(C)Cc1ccccc1. The smallest absolute Gasteiger partial charge is 0.261 e. The molecule has 1 N–H and O–H groups in total. The first-order valence-corrected chi connectivity index (χ1v) is 8.90. The average Bonchev–Trinajstić information content (AvgIpc) is 2.55. The fraction of sp³-hybridized carbons (Fsp3) is 0.409. The molecule has 0 radical (unpaired) electrons. The van der Waals surface area contributed by atoms with Crippen LogP contribution < -0.4 is 10.1 Å². The summed E-state index contributed by atoms with van der Waals surface area (Å²) in [5, 5.41) is 3.15. The van der Waals surface area contributed by atoms with Crippen LogP contribution in [0.25, 0.3) is 0 Å². The minimum Gasteiger partial charge on any atom is -0.480 e. The van der Waals surface area contributed by atoms with E-state index in [4.69, 9.17) is 4.74 Å². The molecule has 2 aromatic carbocycles. The van der Waals surface area contributed by atoms with Gasteiger partial charge in [-0.2, -0.15) is 0 Å². The van der Waals surface area contributed by atoms with Crippen molar-refractivity contribution in [3.8, 4) is 5.75 Å². The van der Waals surface area contributed by atoms with E-state index < -0.39 is 6.10 Å². The summed E-state index contributed by atoms with van der Waals surface area (Å²) in [6.07, 6.45) is 0.913. The Kier molecular flexibility index (Phi) is 6.24. The zero-order chi connectivity index (χ0) is 18.4. The van der Waals surface area contributed by atoms with Gasteiger partial charge in [-0.15, -0.1) is 0 Å². The van der Waals surface area contributed by atoms with E-state index in [0.29, 0.717) is 6.42 Å². The topological polar surface area (TPSA) is 38.3 Å². The van der Waals surface area contributed by atoms with Gasteiger partial charge in [0.2, 0.25) is 0 Å². The molecule has 1 amide bonds. The van der Waals surface area contributed by atoms with E-state index in [9.17, 15) is 4.79 Å². The van der Waals surface area contributed by atoms with Crippen molar-refractivity contribution in [3.63, 3.8) is 0 Å². The van der Waals surface area contributed by atoms with Crippen LogP contribution in [0.4, 0.5) is 0 Å². The van der Waals surface area contributed by atoms with Crippen molar-refractivity contribution >= 4 is 5.91 Å². The summed E-state index contributed by atoms with van der Waals surface area (Å²) in [4.78, 5) is 12.7. The van der Waals surface area contributed by atoms with Gasteiger partial charge in [0.1, 0.15) is 5.75 Å². The monoisotopic (exact) mass is 339 g/mol. The second-order valence-corrected chi connectivity index (χ2v) is 7.32. The number of amides is 1. The van der Waals surface area contributed by atoms with Crippen LogP contribution in [0, 0.1) is 13.8 Å². The summed E-state index contributed by atoms with van der Waals surface area (Å²) in [6, 6.07) is 16.3. The number of ether oxygens (including phenoxy) is 1. The van der Waals surface area contributed by atoms with Crippen molar-refractivity contribution in [2.24, 2.45) is 0 Å². The Hall–Kier alpha value is -2.29. The maximum absolute atomic E-state index is 12.7. The predicted molar refractivity (Wildman–Crippen MR) is 103 cm³/mol. The van der Waals surface area contributed by atoms with Gasteiger partial charge in [-0.05, 0) is 63.3 Å². The lowest BCUT2D eigenvalue weighted by atomic mass is 9.94. The molecule has 0 aliphatic carbocycles. The first-order chi connectivity index (χ1) is 11.8. The molecule has 2 aromatic rings. The molecular weight excluding hydrogens is 310 g/mol. The molecule has 3 nitrogen and oxygen atoms in total. The van der Waals surface area contributed by atoms with Gasteiger partial charge in [-0.3, -0.25) is 4.79 Å². The largest absolute Gasteiger partial charge is 0.480 e. The lowest BCUT2D eigenvalue weighted by Crippen LogP contribution is -2.50. The highest BCUT2D eigenvalue weighted by Gasteiger charge is 2.26. The molecule has 0 bridgehead atoms. The summed E-state index contributed by atoms with van der Waals surface area (Å²) in [6.45, 7) is 10.1. The van der Waals surface area contributed by atoms with Gasteiger partial charge in [-0.1, -0.05) is 49.4 Å². The maximum atomic E-state index is 12.7. The molecule has 0 fully saturated rings. The fourth-order valence-electron chi connectivity index (χ4n) is 2.87. The molecule has 0 saturated heterocycles. The third kappa shape index (κ3) is 5.63. The van der Waals surface area contributed by atoms with E-state index in [1.165, 1.54) is 5.56 Å². The highest BCUT2D eigenvalue weighted by atomic mass is 16.5. The molecule has 1 atom stereocenters. The van der Waals surface area contributed by atoms with Crippen LogP contribution in [-0.4, -0.2) is 17.6 Å². The number of benzene rings is 2. The first kappa shape index (κ1) is 19.0.